The predicted octanol–water partition coefficient (Wildman–Crippen LogP) is 4.69. The first-order valence-corrected chi connectivity index (χ1v) is 7.76. The summed E-state index contributed by atoms with van der Waals surface area (Å²) < 4.78 is 14.0. The molecule has 3 nitrogen and oxygen atoms in total. The molecular weight excluding hydrogens is 388 g/mol. The highest BCUT2D eigenvalue weighted by molar-refractivity contribution is 14.1. The van der Waals surface area contributed by atoms with E-state index in [9.17, 15) is 4.39 Å². The summed E-state index contributed by atoms with van der Waals surface area (Å²) in [7, 11) is 0. The molecule has 3 aromatic rings. The molecular formula is C14H9FIN3S. The van der Waals surface area contributed by atoms with Gasteiger partial charge in [-0.3, -0.25) is 0 Å². The lowest BCUT2D eigenvalue weighted by Gasteiger charge is -2.01. The molecule has 0 bridgehead atoms. The monoisotopic (exact) mass is 397 g/mol. The van der Waals surface area contributed by atoms with Gasteiger partial charge in [0.15, 0.2) is 5.13 Å². The van der Waals surface area contributed by atoms with Gasteiger partial charge in [-0.15, -0.1) is 11.3 Å². The smallest absolute Gasteiger partial charge is 0.188 e. The van der Waals surface area contributed by atoms with Crippen LogP contribution >= 0.6 is 33.9 Å². The van der Waals surface area contributed by atoms with Crippen molar-refractivity contribution in [1.29, 1.82) is 0 Å². The Morgan fingerprint density at radius 3 is 2.60 bits per heavy atom. The summed E-state index contributed by atoms with van der Waals surface area (Å²) in [5.41, 5.74) is 1.72. The first kappa shape index (κ1) is 13.4. The maximum absolute atomic E-state index is 12.9. The number of anilines is 2. The molecule has 0 spiro atoms. The Bertz CT molecular complexity index is 710. The zero-order chi connectivity index (χ0) is 13.9. The zero-order valence-electron chi connectivity index (χ0n) is 10.2. The molecule has 3 rings (SSSR count). The van der Waals surface area contributed by atoms with Gasteiger partial charge >= 0.3 is 0 Å². The summed E-state index contributed by atoms with van der Waals surface area (Å²) in [6.07, 6.45) is 1.79. The van der Waals surface area contributed by atoms with Crippen LogP contribution in [-0.2, 0) is 0 Å². The fourth-order valence-corrected chi connectivity index (χ4v) is 2.69. The average Bonchev–Trinajstić information content (AvgIpc) is 2.91. The van der Waals surface area contributed by atoms with E-state index in [1.807, 2.05) is 17.5 Å². The molecule has 0 saturated carbocycles. The maximum Gasteiger partial charge on any atom is 0.188 e. The van der Waals surface area contributed by atoms with Crippen LogP contribution < -0.4 is 5.32 Å². The fraction of sp³-hybridized carbons (Fsp3) is 0. The van der Waals surface area contributed by atoms with Crippen molar-refractivity contribution in [3.05, 3.63) is 57.4 Å². The first-order valence-electron chi connectivity index (χ1n) is 5.81. The second-order valence-electron chi connectivity index (χ2n) is 4.03. The molecule has 0 saturated heterocycles. The Morgan fingerprint density at radius 2 is 1.90 bits per heavy atom. The lowest BCUT2D eigenvalue weighted by molar-refractivity contribution is 0.628. The molecule has 0 atom stereocenters. The van der Waals surface area contributed by atoms with Crippen LogP contribution in [0.5, 0.6) is 0 Å². The fourth-order valence-electron chi connectivity index (χ4n) is 1.64. The number of rotatable bonds is 3. The van der Waals surface area contributed by atoms with Crippen LogP contribution in [0.1, 0.15) is 0 Å². The van der Waals surface area contributed by atoms with Crippen LogP contribution in [0.3, 0.4) is 0 Å². The molecule has 0 aliphatic heterocycles. The molecule has 2 aromatic heterocycles. The number of pyridine rings is 1. The minimum Gasteiger partial charge on any atom is -0.316 e. The summed E-state index contributed by atoms with van der Waals surface area (Å²) in [5.74, 6) is 0.510. The zero-order valence-corrected chi connectivity index (χ0v) is 13.2. The van der Waals surface area contributed by atoms with Crippen molar-refractivity contribution in [1.82, 2.24) is 9.97 Å². The second-order valence-corrected chi connectivity index (χ2v) is 6.14. The van der Waals surface area contributed by atoms with Crippen LogP contribution in [0, 0.1) is 9.39 Å². The standard InChI is InChI=1S/C14H9FIN3S/c15-10-3-1-9(2-4-10)12-8-20-14(18-12)19-13-6-5-11(16)7-17-13/h1-8H,(H,17,18,19). The molecule has 0 radical (unpaired) electrons. The third kappa shape index (κ3) is 3.13. The molecule has 1 aromatic carbocycles. The van der Waals surface area contributed by atoms with Gasteiger partial charge in [0.2, 0.25) is 0 Å². The normalized spacial score (nSPS) is 10.5. The van der Waals surface area contributed by atoms with Gasteiger partial charge in [-0.05, 0) is 59.0 Å². The van der Waals surface area contributed by atoms with E-state index in [2.05, 4.69) is 37.9 Å². The van der Waals surface area contributed by atoms with E-state index in [-0.39, 0.29) is 5.82 Å². The van der Waals surface area contributed by atoms with Crippen LogP contribution in [0.4, 0.5) is 15.3 Å². The maximum atomic E-state index is 12.9. The van der Waals surface area contributed by atoms with Crippen molar-refractivity contribution >= 4 is 44.9 Å². The molecule has 1 N–H and O–H groups in total. The van der Waals surface area contributed by atoms with E-state index >= 15 is 0 Å². The third-order valence-electron chi connectivity index (χ3n) is 2.61. The second kappa shape index (κ2) is 5.84. The largest absolute Gasteiger partial charge is 0.316 e. The number of hydrogen-bond donors (Lipinski definition) is 1. The topological polar surface area (TPSA) is 37.8 Å². The number of benzene rings is 1. The van der Waals surface area contributed by atoms with Gasteiger partial charge in [0.05, 0.1) is 5.69 Å². The Kier molecular flexibility index (Phi) is 3.93. The number of hydrogen-bond acceptors (Lipinski definition) is 4. The highest BCUT2D eigenvalue weighted by Gasteiger charge is 2.05. The van der Waals surface area contributed by atoms with Crippen molar-refractivity contribution in [2.45, 2.75) is 0 Å². The van der Waals surface area contributed by atoms with Crippen molar-refractivity contribution in [3.63, 3.8) is 0 Å². The van der Waals surface area contributed by atoms with Gasteiger partial charge in [-0.25, -0.2) is 14.4 Å². The minimum atomic E-state index is -0.245. The number of halogens is 2. The minimum absolute atomic E-state index is 0.245. The third-order valence-corrected chi connectivity index (χ3v) is 4.00. The van der Waals surface area contributed by atoms with Gasteiger partial charge in [0, 0.05) is 20.7 Å². The molecule has 6 heteroatoms. The van der Waals surface area contributed by atoms with Crippen LogP contribution in [-0.4, -0.2) is 9.97 Å². The molecule has 2 heterocycles. The number of nitrogens with one attached hydrogen (secondary N) is 1. The lowest BCUT2D eigenvalue weighted by Crippen LogP contribution is -1.92. The van der Waals surface area contributed by atoms with Gasteiger partial charge in [0.25, 0.3) is 0 Å². The number of nitrogens with zero attached hydrogens (tertiary/aromatic N) is 2. The summed E-state index contributed by atoms with van der Waals surface area (Å²) in [6, 6.07) is 10.2. The van der Waals surface area contributed by atoms with Crippen molar-refractivity contribution < 1.29 is 4.39 Å². The van der Waals surface area contributed by atoms with Crippen molar-refractivity contribution in [2.75, 3.05) is 5.32 Å². The van der Waals surface area contributed by atoms with Crippen LogP contribution in [0.25, 0.3) is 11.3 Å². The van der Waals surface area contributed by atoms with Gasteiger partial charge in [-0.2, -0.15) is 0 Å². The number of thiazole rings is 1. The summed E-state index contributed by atoms with van der Waals surface area (Å²) >= 11 is 3.70. The van der Waals surface area contributed by atoms with E-state index in [0.717, 1.165) is 25.8 Å². The molecule has 0 unspecified atom stereocenters. The summed E-state index contributed by atoms with van der Waals surface area (Å²) in [5, 5.41) is 5.85. The summed E-state index contributed by atoms with van der Waals surface area (Å²) in [4.78, 5) is 8.74. The number of aromatic nitrogens is 2. The predicted molar refractivity (Wildman–Crippen MR) is 87.7 cm³/mol. The highest BCUT2D eigenvalue weighted by atomic mass is 127. The van der Waals surface area contributed by atoms with E-state index < -0.39 is 0 Å². The molecule has 0 aliphatic rings. The van der Waals surface area contributed by atoms with Gasteiger partial charge in [0.1, 0.15) is 11.6 Å². The summed E-state index contributed by atoms with van der Waals surface area (Å²) in [6.45, 7) is 0. The lowest BCUT2D eigenvalue weighted by atomic mass is 10.2. The van der Waals surface area contributed by atoms with E-state index in [0.29, 0.717) is 0 Å². The van der Waals surface area contributed by atoms with Gasteiger partial charge in [-0.1, -0.05) is 0 Å². The van der Waals surface area contributed by atoms with E-state index in [4.69, 9.17) is 0 Å². The Balaban J connectivity index is 1.80. The molecule has 0 aliphatic carbocycles. The van der Waals surface area contributed by atoms with Gasteiger partial charge < -0.3 is 5.32 Å². The van der Waals surface area contributed by atoms with Crippen LogP contribution in [0.15, 0.2) is 48.0 Å². The SMILES string of the molecule is Fc1ccc(-c2csc(Nc3ccc(I)cn3)n2)cc1. The van der Waals surface area contributed by atoms with Crippen LogP contribution in [0.2, 0.25) is 0 Å². The first-order chi connectivity index (χ1) is 9.70. The molecule has 100 valence electrons. The quantitative estimate of drug-likeness (QED) is 0.652. The van der Waals surface area contributed by atoms with E-state index in [1.165, 1.54) is 23.5 Å². The Hall–Kier alpha value is -1.54. The highest BCUT2D eigenvalue weighted by Crippen LogP contribution is 2.26. The molecule has 0 amide bonds. The Labute approximate surface area is 133 Å². The average molecular weight is 397 g/mol. The Morgan fingerprint density at radius 1 is 1.10 bits per heavy atom. The molecule has 0 fully saturated rings. The van der Waals surface area contributed by atoms with Crippen molar-refractivity contribution in [3.8, 4) is 11.3 Å². The van der Waals surface area contributed by atoms with Crippen molar-refractivity contribution in [2.24, 2.45) is 0 Å². The van der Waals surface area contributed by atoms with E-state index in [1.54, 1.807) is 18.3 Å². The molecule has 20 heavy (non-hydrogen) atoms.